The largest absolute Gasteiger partial charge is 0.461 e. The number of hydrogen-bond acceptors (Lipinski definition) is 5. The van der Waals surface area contributed by atoms with Crippen molar-refractivity contribution in [2.75, 3.05) is 6.61 Å². The average Bonchev–Trinajstić information content (AvgIpc) is 3.27. The maximum atomic E-state index is 12.0. The Hall–Kier alpha value is -3.66. The van der Waals surface area contributed by atoms with Gasteiger partial charge in [0.25, 0.3) is 0 Å². The number of H-pyrrole nitrogens is 1. The molecule has 0 amide bonds. The van der Waals surface area contributed by atoms with E-state index in [2.05, 4.69) is 16.3 Å². The highest BCUT2D eigenvalue weighted by atomic mass is 16.5. The summed E-state index contributed by atoms with van der Waals surface area (Å²) in [6.07, 6.45) is 2.34. The van der Waals surface area contributed by atoms with Gasteiger partial charge in [-0.1, -0.05) is 12.1 Å². The minimum Gasteiger partial charge on any atom is -0.461 e. The van der Waals surface area contributed by atoms with E-state index in [1.165, 1.54) is 0 Å². The van der Waals surface area contributed by atoms with E-state index in [-0.39, 0.29) is 12.3 Å². The Kier molecular flexibility index (Phi) is 5.18. The van der Waals surface area contributed by atoms with Gasteiger partial charge in [-0.25, -0.2) is 4.79 Å². The van der Waals surface area contributed by atoms with Crippen molar-refractivity contribution in [1.82, 2.24) is 14.8 Å². The third kappa shape index (κ3) is 3.51. The number of carbonyl (C=O) groups excluding carboxylic acids is 2. The molecule has 0 unspecified atom stereocenters. The molecule has 0 saturated carbocycles. The van der Waals surface area contributed by atoms with Gasteiger partial charge in [-0.2, -0.15) is 10.4 Å². The number of aromatic amines is 1. The third-order valence-corrected chi connectivity index (χ3v) is 4.37. The zero-order valence-corrected chi connectivity index (χ0v) is 15.0. The third-order valence-electron chi connectivity index (χ3n) is 4.37. The average molecular weight is 362 g/mol. The van der Waals surface area contributed by atoms with Gasteiger partial charge >= 0.3 is 5.97 Å². The molecule has 0 fully saturated rings. The lowest BCUT2D eigenvalue weighted by atomic mass is 10.0. The summed E-state index contributed by atoms with van der Waals surface area (Å²) in [6, 6.07) is 11.1. The molecule has 3 aromatic rings. The molecule has 0 saturated heterocycles. The van der Waals surface area contributed by atoms with E-state index < -0.39 is 5.97 Å². The number of aldehydes is 1. The second-order valence-corrected chi connectivity index (χ2v) is 5.95. The Morgan fingerprint density at radius 3 is 2.74 bits per heavy atom. The first-order valence-corrected chi connectivity index (χ1v) is 8.44. The molecule has 0 radical (unpaired) electrons. The molecule has 0 aliphatic rings. The topological polar surface area (TPSA) is 101 Å². The highest BCUT2D eigenvalue weighted by molar-refractivity contribution is 5.89. The van der Waals surface area contributed by atoms with Crippen molar-refractivity contribution < 1.29 is 14.3 Å². The van der Waals surface area contributed by atoms with Crippen LogP contribution in [0.25, 0.3) is 11.1 Å². The quantitative estimate of drug-likeness (QED) is 0.536. The fourth-order valence-corrected chi connectivity index (χ4v) is 2.97. The second-order valence-electron chi connectivity index (χ2n) is 5.95. The lowest BCUT2D eigenvalue weighted by Gasteiger charge is -2.10. The Labute approximate surface area is 156 Å². The maximum absolute atomic E-state index is 12.0. The Balaban J connectivity index is 1.99. The molecule has 0 spiro atoms. The summed E-state index contributed by atoms with van der Waals surface area (Å²) in [5, 5.41) is 15.5. The van der Waals surface area contributed by atoms with E-state index in [9.17, 15) is 9.59 Å². The molecule has 7 heteroatoms. The number of esters is 1. The van der Waals surface area contributed by atoms with Crippen LogP contribution in [-0.2, 0) is 11.3 Å². The van der Waals surface area contributed by atoms with Gasteiger partial charge < -0.3 is 9.30 Å². The Bertz CT molecular complexity index is 1020. The van der Waals surface area contributed by atoms with Crippen LogP contribution in [0.15, 0.2) is 36.5 Å². The first kappa shape index (κ1) is 18.1. The van der Waals surface area contributed by atoms with Crippen LogP contribution in [0, 0.1) is 18.3 Å². The monoisotopic (exact) mass is 362 g/mol. The van der Waals surface area contributed by atoms with E-state index in [4.69, 9.17) is 10.00 Å². The van der Waals surface area contributed by atoms with Crippen LogP contribution in [0.2, 0.25) is 0 Å². The molecule has 136 valence electrons. The van der Waals surface area contributed by atoms with Gasteiger partial charge in [-0.3, -0.25) is 9.89 Å². The Morgan fingerprint density at radius 2 is 2.11 bits per heavy atom. The number of nitrogens with one attached hydrogen (secondary N) is 1. The molecule has 27 heavy (non-hydrogen) atoms. The minimum atomic E-state index is -0.477. The van der Waals surface area contributed by atoms with Crippen molar-refractivity contribution in [3.8, 4) is 17.2 Å². The summed E-state index contributed by atoms with van der Waals surface area (Å²) >= 11 is 0. The zero-order chi connectivity index (χ0) is 19.4. The molecule has 2 aromatic heterocycles. The van der Waals surface area contributed by atoms with Crippen LogP contribution < -0.4 is 0 Å². The molecule has 3 rings (SSSR count). The van der Waals surface area contributed by atoms with Crippen LogP contribution in [-0.4, -0.2) is 33.6 Å². The number of hydrogen-bond donors (Lipinski definition) is 1. The summed E-state index contributed by atoms with van der Waals surface area (Å²) in [7, 11) is 0. The number of aromatic nitrogens is 3. The van der Waals surface area contributed by atoms with Gasteiger partial charge in [0.1, 0.15) is 5.69 Å². The van der Waals surface area contributed by atoms with E-state index >= 15 is 0 Å². The molecular formula is C20H18N4O3. The first-order chi connectivity index (χ1) is 13.1. The predicted molar refractivity (Wildman–Crippen MR) is 98.4 cm³/mol. The van der Waals surface area contributed by atoms with Crippen LogP contribution in [0.1, 0.15) is 44.7 Å². The van der Waals surface area contributed by atoms with Gasteiger partial charge in [-0.05, 0) is 37.6 Å². The number of rotatable bonds is 6. The molecule has 0 bridgehead atoms. The summed E-state index contributed by atoms with van der Waals surface area (Å²) in [4.78, 5) is 23.6. The minimum absolute atomic E-state index is 0.266. The van der Waals surface area contributed by atoms with Gasteiger partial charge in [0.05, 0.1) is 36.7 Å². The SMILES string of the molecule is CCOC(=O)c1[nH]ncc1Cn1c(C=O)cc(-c2ccc(C#N)cc2)c1C. The highest BCUT2D eigenvalue weighted by Crippen LogP contribution is 2.28. The van der Waals surface area contributed by atoms with E-state index in [1.807, 2.05) is 23.6 Å². The van der Waals surface area contributed by atoms with E-state index in [1.54, 1.807) is 31.3 Å². The van der Waals surface area contributed by atoms with Crippen molar-refractivity contribution in [3.63, 3.8) is 0 Å². The van der Waals surface area contributed by atoms with E-state index in [0.717, 1.165) is 23.1 Å². The van der Waals surface area contributed by atoms with Gasteiger partial charge in [-0.15, -0.1) is 0 Å². The summed E-state index contributed by atoms with van der Waals surface area (Å²) in [6.45, 7) is 4.21. The number of ether oxygens (including phenoxy) is 1. The number of nitrogens with zero attached hydrogens (tertiary/aromatic N) is 3. The van der Waals surface area contributed by atoms with Crippen LogP contribution >= 0.6 is 0 Å². The van der Waals surface area contributed by atoms with Crippen molar-refractivity contribution in [3.05, 3.63) is 64.7 Å². The predicted octanol–water partition coefficient (Wildman–Crippen LogP) is 3.10. The van der Waals surface area contributed by atoms with Crippen LogP contribution in [0.4, 0.5) is 0 Å². The van der Waals surface area contributed by atoms with Crippen molar-refractivity contribution in [2.24, 2.45) is 0 Å². The van der Waals surface area contributed by atoms with E-state index in [0.29, 0.717) is 23.4 Å². The smallest absolute Gasteiger partial charge is 0.356 e. The Morgan fingerprint density at radius 1 is 1.37 bits per heavy atom. The van der Waals surface area contributed by atoms with Crippen molar-refractivity contribution in [2.45, 2.75) is 20.4 Å². The molecule has 1 aromatic carbocycles. The second kappa shape index (κ2) is 7.70. The molecule has 1 N–H and O–H groups in total. The zero-order valence-electron chi connectivity index (χ0n) is 15.0. The van der Waals surface area contributed by atoms with Gasteiger partial charge in [0.2, 0.25) is 0 Å². The first-order valence-electron chi connectivity index (χ1n) is 8.44. The molecule has 7 nitrogen and oxygen atoms in total. The van der Waals surface area contributed by atoms with Gasteiger partial charge in [0, 0.05) is 16.8 Å². The van der Waals surface area contributed by atoms with Gasteiger partial charge in [0.15, 0.2) is 6.29 Å². The molecule has 0 aliphatic carbocycles. The maximum Gasteiger partial charge on any atom is 0.356 e. The summed E-state index contributed by atoms with van der Waals surface area (Å²) < 4.78 is 6.86. The normalized spacial score (nSPS) is 10.4. The number of benzene rings is 1. The fraction of sp³-hybridized carbons (Fsp3) is 0.200. The molecule has 0 atom stereocenters. The molecule has 2 heterocycles. The van der Waals surface area contributed by atoms with Crippen LogP contribution in [0.5, 0.6) is 0 Å². The van der Waals surface area contributed by atoms with Crippen LogP contribution in [0.3, 0.4) is 0 Å². The number of carbonyl (C=O) groups is 2. The highest BCUT2D eigenvalue weighted by Gasteiger charge is 2.19. The molecular weight excluding hydrogens is 344 g/mol. The lowest BCUT2D eigenvalue weighted by Crippen LogP contribution is -2.12. The molecule has 0 aliphatic heterocycles. The fourth-order valence-electron chi connectivity index (χ4n) is 2.97. The lowest BCUT2D eigenvalue weighted by molar-refractivity contribution is 0.0518. The van der Waals surface area contributed by atoms with Crippen molar-refractivity contribution >= 4 is 12.3 Å². The van der Waals surface area contributed by atoms with Crippen molar-refractivity contribution in [1.29, 1.82) is 5.26 Å². The standard InChI is InChI=1S/C20H18N4O3/c1-3-27-20(26)19-16(10-22-23-19)11-24-13(2)18(8-17(24)12-25)15-6-4-14(9-21)5-7-15/h4-8,10,12H,3,11H2,1-2H3,(H,22,23). The summed E-state index contributed by atoms with van der Waals surface area (Å²) in [5.74, 6) is -0.477. The number of nitriles is 1. The summed E-state index contributed by atoms with van der Waals surface area (Å²) in [5.41, 5.74) is 4.65.